The third-order valence-corrected chi connectivity index (χ3v) is 7.69. The van der Waals surface area contributed by atoms with E-state index in [0.717, 1.165) is 44.3 Å². The molecule has 0 aliphatic carbocycles. The zero-order valence-corrected chi connectivity index (χ0v) is 23.1. The minimum atomic E-state index is -3.65. The van der Waals surface area contributed by atoms with Crippen LogP contribution in [0.1, 0.15) is 18.4 Å². The average molecular weight is 562 g/mol. The lowest BCUT2D eigenvalue weighted by Crippen LogP contribution is -2.49. The fourth-order valence-corrected chi connectivity index (χ4v) is 5.62. The summed E-state index contributed by atoms with van der Waals surface area (Å²) in [7, 11) is -2.30. The zero-order valence-electron chi connectivity index (χ0n) is 22.2. The second-order valence-electron chi connectivity index (χ2n) is 9.93. The minimum Gasteiger partial charge on any atom is -0.490 e. The van der Waals surface area contributed by atoms with Crippen LogP contribution in [-0.2, 0) is 21.4 Å². The maximum absolute atomic E-state index is 12.5. The topological polar surface area (TPSA) is 135 Å². The molecule has 0 atom stereocenters. The van der Waals surface area contributed by atoms with Gasteiger partial charge in [0.15, 0.2) is 5.75 Å². The minimum absolute atomic E-state index is 0.0746. The van der Waals surface area contributed by atoms with Crippen molar-refractivity contribution in [2.45, 2.75) is 19.4 Å². The molecule has 2 saturated heterocycles. The molecule has 2 aromatic carbocycles. The van der Waals surface area contributed by atoms with Crippen LogP contribution in [-0.4, -0.2) is 88.4 Å². The summed E-state index contributed by atoms with van der Waals surface area (Å²) in [5.74, 6) is 0.544. The molecule has 1 amide bonds. The lowest BCUT2D eigenvalue weighted by molar-refractivity contribution is -0.385. The number of sulfonamides is 1. The summed E-state index contributed by atoms with van der Waals surface area (Å²) >= 11 is 0. The van der Waals surface area contributed by atoms with E-state index in [2.05, 4.69) is 9.62 Å². The number of anilines is 2. The molecule has 2 aliphatic heterocycles. The van der Waals surface area contributed by atoms with Crippen molar-refractivity contribution >= 4 is 33.2 Å². The number of piperazine rings is 1. The average Bonchev–Trinajstić information content (AvgIpc) is 2.92. The van der Waals surface area contributed by atoms with E-state index in [0.29, 0.717) is 37.8 Å². The van der Waals surface area contributed by atoms with Crippen LogP contribution in [0, 0.1) is 16.0 Å². The van der Waals surface area contributed by atoms with Gasteiger partial charge in [-0.3, -0.25) is 19.7 Å². The molecular formula is C26H35N5O7S. The van der Waals surface area contributed by atoms with Crippen LogP contribution >= 0.6 is 0 Å². The van der Waals surface area contributed by atoms with E-state index >= 15 is 0 Å². The predicted octanol–water partition coefficient (Wildman–Crippen LogP) is 3.15. The van der Waals surface area contributed by atoms with Gasteiger partial charge in [0.2, 0.25) is 10.0 Å². The number of hydrogen-bond donors (Lipinski definition) is 1. The smallest absolute Gasteiger partial charge is 0.410 e. The number of carbonyl (C=O) groups is 1. The molecule has 0 bridgehead atoms. The summed E-state index contributed by atoms with van der Waals surface area (Å²) in [6.45, 7) is 5.30. The van der Waals surface area contributed by atoms with E-state index in [1.54, 1.807) is 4.90 Å². The zero-order chi connectivity index (χ0) is 28.0. The van der Waals surface area contributed by atoms with Gasteiger partial charge in [-0.2, -0.15) is 0 Å². The normalized spacial score (nSPS) is 17.1. The van der Waals surface area contributed by atoms with Gasteiger partial charge in [-0.1, -0.05) is 30.3 Å². The van der Waals surface area contributed by atoms with Gasteiger partial charge < -0.3 is 19.3 Å². The number of piperidine rings is 1. The van der Waals surface area contributed by atoms with Crippen LogP contribution in [0.4, 0.5) is 21.9 Å². The highest BCUT2D eigenvalue weighted by Crippen LogP contribution is 2.39. The summed E-state index contributed by atoms with van der Waals surface area (Å²) in [5.41, 5.74) is 1.36. The molecule has 2 aliphatic rings. The SMILES string of the molecule is COc1cc(N2CCN(CC3CCN(C(=O)OCc4ccccc4)CC3)CC2)c(NS(C)(=O)=O)cc1[N+](=O)[O-]. The summed E-state index contributed by atoms with van der Waals surface area (Å²) in [6.07, 6.45) is 2.55. The molecular weight excluding hydrogens is 526 g/mol. The van der Waals surface area contributed by atoms with Crippen LogP contribution in [0.2, 0.25) is 0 Å². The number of carbonyl (C=O) groups excluding carboxylic acids is 1. The van der Waals surface area contributed by atoms with Crippen molar-refractivity contribution in [1.82, 2.24) is 9.80 Å². The van der Waals surface area contributed by atoms with Gasteiger partial charge >= 0.3 is 11.8 Å². The summed E-state index contributed by atoms with van der Waals surface area (Å²) in [4.78, 5) is 29.5. The Labute approximate surface area is 228 Å². The quantitative estimate of drug-likeness (QED) is 0.362. The van der Waals surface area contributed by atoms with Crippen molar-refractivity contribution in [2.24, 2.45) is 5.92 Å². The second kappa shape index (κ2) is 12.5. The number of rotatable bonds is 9. The van der Waals surface area contributed by atoms with Crippen LogP contribution in [0.5, 0.6) is 5.75 Å². The van der Waals surface area contributed by atoms with Gasteiger partial charge in [0.25, 0.3) is 0 Å². The highest BCUT2D eigenvalue weighted by molar-refractivity contribution is 7.92. The Morgan fingerprint density at radius 3 is 2.33 bits per heavy atom. The van der Waals surface area contributed by atoms with Crippen molar-refractivity contribution in [3.63, 3.8) is 0 Å². The van der Waals surface area contributed by atoms with Crippen molar-refractivity contribution in [3.8, 4) is 5.75 Å². The van der Waals surface area contributed by atoms with Crippen LogP contribution in [0.25, 0.3) is 0 Å². The molecule has 2 heterocycles. The maximum Gasteiger partial charge on any atom is 0.410 e. The molecule has 4 rings (SSSR count). The van der Waals surface area contributed by atoms with Crippen molar-refractivity contribution in [3.05, 3.63) is 58.1 Å². The van der Waals surface area contributed by atoms with E-state index in [1.165, 1.54) is 19.2 Å². The van der Waals surface area contributed by atoms with E-state index in [9.17, 15) is 23.3 Å². The monoisotopic (exact) mass is 561 g/mol. The molecule has 212 valence electrons. The van der Waals surface area contributed by atoms with Gasteiger partial charge in [-0.15, -0.1) is 0 Å². The highest BCUT2D eigenvalue weighted by atomic mass is 32.2. The van der Waals surface area contributed by atoms with Crippen molar-refractivity contribution in [2.75, 3.05) is 68.8 Å². The molecule has 12 nitrogen and oxygen atoms in total. The molecule has 0 unspecified atom stereocenters. The Morgan fingerprint density at radius 2 is 1.74 bits per heavy atom. The number of nitro benzene ring substituents is 1. The number of amides is 1. The van der Waals surface area contributed by atoms with Gasteiger partial charge in [0.05, 0.1) is 29.7 Å². The number of benzene rings is 2. The molecule has 0 radical (unpaired) electrons. The van der Waals surface area contributed by atoms with Gasteiger partial charge in [0, 0.05) is 57.9 Å². The fourth-order valence-electron chi connectivity index (χ4n) is 5.05. The Kier molecular flexibility index (Phi) is 9.12. The Balaban J connectivity index is 1.29. The number of hydrogen-bond acceptors (Lipinski definition) is 9. The van der Waals surface area contributed by atoms with E-state index < -0.39 is 14.9 Å². The molecule has 13 heteroatoms. The Hall–Kier alpha value is -3.58. The molecule has 2 aromatic rings. The van der Waals surface area contributed by atoms with Crippen molar-refractivity contribution < 1.29 is 27.6 Å². The molecule has 39 heavy (non-hydrogen) atoms. The third-order valence-electron chi connectivity index (χ3n) is 7.10. The van der Waals surface area contributed by atoms with Crippen molar-refractivity contribution in [1.29, 1.82) is 0 Å². The van der Waals surface area contributed by atoms with Crippen LogP contribution < -0.4 is 14.4 Å². The molecule has 0 aromatic heterocycles. The number of nitro groups is 1. The second-order valence-corrected chi connectivity index (χ2v) is 11.7. The number of nitrogens with zero attached hydrogens (tertiary/aromatic N) is 4. The Bertz CT molecular complexity index is 1260. The van der Waals surface area contributed by atoms with E-state index in [-0.39, 0.29) is 29.8 Å². The fraction of sp³-hybridized carbons (Fsp3) is 0.500. The molecule has 2 fully saturated rings. The summed E-state index contributed by atoms with van der Waals surface area (Å²) in [6, 6.07) is 12.4. The third kappa shape index (κ3) is 7.73. The van der Waals surface area contributed by atoms with Crippen LogP contribution in [0.15, 0.2) is 42.5 Å². The first-order valence-electron chi connectivity index (χ1n) is 12.9. The molecule has 0 spiro atoms. The molecule has 1 N–H and O–H groups in total. The molecule has 0 saturated carbocycles. The summed E-state index contributed by atoms with van der Waals surface area (Å²) in [5, 5.41) is 11.5. The summed E-state index contributed by atoms with van der Waals surface area (Å²) < 4.78 is 37.0. The predicted molar refractivity (Wildman–Crippen MR) is 148 cm³/mol. The number of likely N-dealkylation sites (tertiary alicyclic amines) is 1. The van der Waals surface area contributed by atoms with Gasteiger partial charge in [-0.25, -0.2) is 13.2 Å². The van der Waals surface area contributed by atoms with E-state index in [4.69, 9.17) is 9.47 Å². The van der Waals surface area contributed by atoms with Gasteiger partial charge in [-0.05, 0) is 24.3 Å². The van der Waals surface area contributed by atoms with E-state index in [1.807, 2.05) is 35.2 Å². The standard InChI is InChI=1S/C26H35N5O7S/c1-37-25-17-23(22(27-39(2,35)36)16-24(25)31(33)34)29-14-12-28(13-15-29)18-20-8-10-30(11-9-20)26(32)38-19-21-6-4-3-5-7-21/h3-7,16-17,20,27H,8-15,18-19H2,1-2H3. The first-order chi connectivity index (χ1) is 18.6. The van der Waals surface area contributed by atoms with Crippen LogP contribution in [0.3, 0.4) is 0 Å². The Morgan fingerprint density at radius 1 is 1.08 bits per heavy atom. The highest BCUT2D eigenvalue weighted by Gasteiger charge is 2.29. The largest absolute Gasteiger partial charge is 0.490 e. The number of ether oxygens (including phenoxy) is 2. The van der Waals surface area contributed by atoms with Gasteiger partial charge in [0.1, 0.15) is 6.61 Å². The first kappa shape index (κ1) is 28.4. The number of nitrogens with one attached hydrogen (secondary N) is 1. The first-order valence-corrected chi connectivity index (χ1v) is 14.8. The lowest BCUT2D eigenvalue weighted by Gasteiger charge is -2.40. The lowest BCUT2D eigenvalue weighted by atomic mass is 9.96. The number of methoxy groups -OCH3 is 1. The maximum atomic E-state index is 12.5.